The number of nitroso groups, excluding NO2 is 1. The summed E-state index contributed by atoms with van der Waals surface area (Å²) in [5.74, 6) is -1.26. The molecule has 1 amide bonds. The van der Waals surface area contributed by atoms with Crippen molar-refractivity contribution >= 4 is 28.9 Å². The predicted octanol–water partition coefficient (Wildman–Crippen LogP) is 0.0982. The molecule has 0 aliphatic carbocycles. The number of nitrogens with one attached hydrogen (secondary N) is 3. The molecule has 5 N–H and O–H groups in total. The van der Waals surface area contributed by atoms with E-state index in [1.54, 1.807) is 12.4 Å². The molecular weight excluding hydrogens is 408 g/mol. The highest BCUT2D eigenvalue weighted by Gasteiger charge is 2.37. The predicted molar refractivity (Wildman–Crippen MR) is 116 cm³/mol. The summed E-state index contributed by atoms with van der Waals surface area (Å²) in [6.45, 7) is 5.02. The van der Waals surface area contributed by atoms with Crippen LogP contribution in [0.25, 0.3) is 0 Å². The van der Waals surface area contributed by atoms with E-state index in [0.717, 1.165) is 25.3 Å². The van der Waals surface area contributed by atoms with Crippen LogP contribution in [0.1, 0.15) is 12.8 Å². The first-order valence-corrected chi connectivity index (χ1v) is 10.9. The summed E-state index contributed by atoms with van der Waals surface area (Å²) < 4.78 is 0. The minimum atomic E-state index is -1.19. The van der Waals surface area contributed by atoms with Gasteiger partial charge in [0.05, 0.1) is 29.1 Å². The van der Waals surface area contributed by atoms with Gasteiger partial charge in [0.2, 0.25) is 5.91 Å². The lowest BCUT2D eigenvalue weighted by Gasteiger charge is -2.39. The summed E-state index contributed by atoms with van der Waals surface area (Å²) in [7, 11) is 0. The van der Waals surface area contributed by atoms with Crippen LogP contribution in [0.5, 0.6) is 0 Å². The molecule has 2 unspecified atom stereocenters. The van der Waals surface area contributed by atoms with Gasteiger partial charge >= 0.3 is 0 Å². The highest BCUT2D eigenvalue weighted by Crippen LogP contribution is 2.30. The van der Waals surface area contributed by atoms with E-state index in [0.29, 0.717) is 24.8 Å². The summed E-state index contributed by atoms with van der Waals surface area (Å²) in [5, 5.41) is 12.0. The van der Waals surface area contributed by atoms with E-state index in [1.807, 2.05) is 6.07 Å². The Morgan fingerprint density at radius 2 is 2.13 bits per heavy atom. The van der Waals surface area contributed by atoms with Crippen LogP contribution in [-0.4, -0.2) is 78.8 Å². The van der Waals surface area contributed by atoms with Crippen LogP contribution in [0.3, 0.4) is 0 Å². The zero-order valence-electron chi connectivity index (χ0n) is 16.8. The third-order valence-electron chi connectivity index (χ3n) is 6.25. The van der Waals surface area contributed by atoms with E-state index in [4.69, 9.17) is 17.3 Å². The largest absolute Gasteiger partial charge is 0.367 e. The second-order valence-electron chi connectivity index (χ2n) is 8.17. The molecule has 30 heavy (non-hydrogen) atoms. The van der Waals surface area contributed by atoms with Crippen molar-refractivity contribution in [1.29, 1.82) is 0 Å². The molecule has 4 rings (SSSR count). The molecule has 10 nitrogen and oxygen atoms in total. The Kier molecular flexibility index (Phi) is 6.79. The lowest BCUT2D eigenvalue weighted by Crippen LogP contribution is -2.62. The Bertz CT molecular complexity index is 760. The number of amides is 1. The monoisotopic (exact) mass is 436 g/mol. The van der Waals surface area contributed by atoms with Crippen molar-refractivity contribution in [3.63, 3.8) is 0 Å². The molecule has 1 aromatic rings. The molecule has 4 heterocycles. The maximum absolute atomic E-state index is 13.2. The Hall–Kier alpha value is -1.85. The van der Waals surface area contributed by atoms with Crippen LogP contribution < -0.4 is 26.6 Å². The van der Waals surface area contributed by atoms with Crippen molar-refractivity contribution in [3.05, 3.63) is 23.4 Å². The van der Waals surface area contributed by atoms with Crippen LogP contribution >= 0.6 is 11.6 Å². The van der Waals surface area contributed by atoms with E-state index < -0.39 is 18.2 Å². The maximum Gasteiger partial charge on any atom is 0.234 e. The van der Waals surface area contributed by atoms with Crippen molar-refractivity contribution < 1.29 is 4.79 Å². The lowest BCUT2D eigenvalue weighted by atomic mass is 9.99. The number of rotatable bonds is 6. The normalized spacial score (nSPS) is 29.1. The number of alkyl halides is 1. The van der Waals surface area contributed by atoms with Gasteiger partial charge in [-0.1, -0.05) is 5.18 Å². The number of pyridine rings is 1. The number of hydrogen-bond donors (Lipinski definition) is 4. The topological polar surface area (TPSA) is 128 Å². The van der Waals surface area contributed by atoms with Gasteiger partial charge < -0.3 is 16.0 Å². The van der Waals surface area contributed by atoms with E-state index in [9.17, 15) is 9.70 Å². The second kappa shape index (κ2) is 9.52. The fourth-order valence-corrected chi connectivity index (χ4v) is 4.84. The van der Waals surface area contributed by atoms with Crippen molar-refractivity contribution in [2.75, 3.05) is 49.5 Å². The Balaban J connectivity index is 1.50. The molecule has 3 aliphatic rings. The molecule has 0 saturated carbocycles. The summed E-state index contributed by atoms with van der Waals surface area (Å²) in [4.78, 5) is 33.3. The number of fused-ring (bicyclic) bond motifs is 1. The van der Waals surface area contributed by atoms with Gasteiger partial charge in [0.1, 0.15) is 5.92 Å². The van der Waals surface area contributed by atoms with Gasteiger partial charge in [-0.15, -0.1) is 16.5 Å². The summed E-state index contributed by atoms with van der Waals surface area (Å²) >= 11 is 6.10. The molecule has 3 fully saturated rings. The number of carbonyl (C=O) groups is 1. The van der Waals surface area contributed by atoms with Crippen molar-refractivity contribution in [2.24, 2.45) is 16.8 Å². The SMILES string of the molecule is NC(N=O)C(C(=O)Nc1cnccc1N1CCN2CCC[C@@H]2C1)C1NCC(Cl)CN1. The van der Waals surface area contributed by atoms with Gasteiger partial charge in [-0.3, -0.25) is 25.3 Å². The molecule has 164 valence electrons. The zero-order valence-corrected chi connectivity index (χ0v) is 17.6. The number of piperazine rings is 1. The number of carbonyl (C=O) groups excluding carboxylic acids is 1. The van der Waals surface area contributed by atoms with Gasteiger partial charge in [-0.25, -0.2) is 0 Å². The van der Waals surface area contributed by atoms with Gasteiger partial charge in [0, 0.05) is 45.0 Å². The van der Waals surface area contributed by atoms with Crippen LogP contribution in [-0.2, 0) is 4.79 Å². The molecule has 1 aromatic heterocycles. The van der Waals surface area contributed by atoms with E-state index in [1.165, 1.54) is 19.4 Å². The van der Waals surface area contributed by atoms with Gasteiger partial charge in [0.25, 0.3) is 0 Å². The van der Waals surface area contributed by atoms with Gasteiger partial charge in [-0.2, -0.15) is 0 Å². The number of nitrogens with two attached hydrogens (primary N) is 1. The molecule has 0 bridgehead atoms. The summed E-state index contributed by atoms with van der Waals surface area (Å²) in [6.07, 6.45) is 4.13. The molecule has 0 radical (unpaired) electrons. The van der Waals surface area contributed by atoms with E-state index in [2.05, 4.69) is 35.9 Å². The third-order valence-corrected chi connectivity index (χ3v) is 6.56. The second-order valence-corrected chi connectivity index (χ2v) is 8.79. The van der Waals surface area contributed by atoms with Crippen LogP contribution in [0, 0.1) is 10.8 Å². The maximum atomic E-state index is 13.2. The van der Waals surface area contributed by atoms with Crippen LogP contribution in [0.15, 0.2) is 23.6 Å². The summed E-state index contributed by atoms with van der Waals surface area (Å²) in [5.41, 5.74) is 7.44. The minimum Gasteiger partial charge on any atom is -0.367 e. The van der Waals surface area contributed by atoms with Crippen molar-refractivity contribution in [1.82, 2.24) is 20.5 Å². The molecule has 3 atom stereocenters. The summed E-state index contributed by atoms with van der Waals surface area (Å²) in [6, 6.07) is 2.47. The van der Waals surface area contributed by atoms with Crippen molar-refractivity contribution in [2.45, 2.75) is 36.6 Å². The molecule has 3 saturated heterocycles. The van der Waals surface area contributed by atoms with E-state index >= 15 is 0 Å². The number of nitrogens with zero attached hydrogens (tertiary/aromatic N) is 4. The van der Waals surface area contributed by atoms with Crippen LogP contribution in [0.2, 0.25) is 0 Å². The minimum absolute atomic E-state index is 0.0930. The molecule has 3 aliphatic heterocycles. The number of hydrogen-bond acceptors (Lipinski definition) is 9. The third kappa shape index (κ3) is 4.57. The fraction of sp³-hybridized carbons (Fsp3) is 0.684. The van der Waals surface area contributed by atoms with Gasteiger partial charge in [-0.05, 0) is 25.5 Å². The molecular formula is C19H29ClN8O2. The van der Waals surface area contributed by atoms with Crippen molar-refractivity contribution in [3.8, 4) is 0 Å². The highest BCUT2D eigenvalue weighted by molar-refractivity contribution is 6.21. The first kappa shape index (κ1) is 21.4. The smallest absolute Gasteiger partial charge is 0.234 e. The Labute approximate surface area is 180 Å². The first-order valence-electron chi connectivity index (χ1n) is 10.5. The Morgan fingerprint density at radius 3 is 2.90 bits per heavy atom. The van der Waals surface area contributed by atoms with Crippen LogP contribution in [0.4, 0.5) is 11.4 Å². The Morgan fingerprint density at radius 1 is 1.33 bits per heavy atom. The first-order chi connectivity index (χ1) is 14.6. The molecule has 0 aromatic carbocycles. The number of anilines is 2. The number of aromatic nitrogens is 1. The average molecular weight is 437 g/mol. The highest BCUT2D eigenvalue weighted by atomic mass is 35.5. The average Bonchev–Trinajstić information content (AvgIpc) is 3.23. The van der Waals surface area contributed by atoms with Gasteiger partial charge in [0.15, 0.2) is 6.17 Å². The quantitative estimate of drug-likeness (QED) is 0.365. The number of halogens is 1. The van der Waals surface area contributed by atoms with E-state index in [-0.39, 0.29) is 11.3 Å². The standard InChI is InChI=1S/C19H29ClN8O2/c20-12-8-23-18(24-9-12)16(17(21)26-30)19(29)25-14-10-22-4-3-15(14)28-7-6-27-5-1-2-13(27)11-28/h3-4,10,12-13,16-18,23-24H,1-2,5-9,11,21H2,(H,25,29)/t12?,13-,16?,17?,18?/m1/s1. The molecule has 11 heteroatoms. The lowest BCUT2D eigenvalue weighted by molar-refractivity contribution is -0.121. The fourth-order valence-electron chi connectivity index (χ4n) is 4.66. The molecule has 0 spiro atoms. The zero-order chi connectivity index (χ0) is 21.1.